The molecule has 3 rings (SSSR count). The predicted octanol–water partition coefficient (Wildman–Crippen LogP) is 2.04. The van der Waals surface area contributed by atoms with Crippen LogP contribution in [0.25, 0.3) is 11.1 Å². The maximum Gasteiger partial charge on any atom is 0.270 e. The Labute approximate surface area is 124 Å². The summed E-state index contributed by atoms with van der Waals surface area (Å²) in [5.74, 6) is 0.0838. The Balaban J connectivity index is 1.91. The van der Waals surface area contributed by atoms with Crippen LogP contribution in [0.15, 0.2) is 36.8 Å². The highest BCUT2D eigenvalue weighted by atomic mass is 16.5. The molecule has 1 saturated heterocycles. The number of amides is 1. The summed E-state index contributed by atoms with van der Waals surface area (Å²) >= 11 is 0. The van der Waals surface area contributed by atoms with E-state index < -0.39 is 0 Å². The molecule has 1 aliphatic rings. The van der Waals surface area contributed by atoms with Gasteiger partial charge in [0, 0.05) is 43.8 Å². The summed E-state index contributed by atoms with van der Waals surface area (Å²) in [5, 5.41) is 0. The third-order valence-electron chi connectivity index (χ3n) is 3.77. The number of rotatable bonds is 3. The summed E-state index contributed by atoms with van der Waals surface area (Å²) in [4.78, 5) is 18.6. The molecule has 0 radical (unpaired) electrons. The predicted molar refractivity (Wildman–Crippen MR) is 80.1 cm³/mol. The molecule has 0 aliphatic carbocycles. The van der Waals surface area contributed by atoms with Crippen LogP contribution in [-0.2, 0) is 11.3 Å². The van der Waals surface area contributed by atoms with Crippen molar-refractivity contribution in [3.05, 3.63) is 42.5 Å². The molecule has 5 heteroatoms. The van der Waals surface area contributed by atoms with Crippen molar-refractivity contribution in [2.75, 3.05) is 26.3 Å². The molecule has 0 spiro atoms. The zero-order chi connectivity index (χ0) is 14.7. The number of aromatic nitrogens is 2. The van der Waals surface area contributed by atoms with Crippen LogP contribution in [0, 0.1) is 0 Å². The molecule has 0 bridgehead atoms. The molecule has 3 heterocycles. The van der Waals surface area contributed by atoms with Gasteiger partial charge in [-0.05, 0) is 30.7 Å². The van der Waals surface area contributed by atoms with Crippen LogP contribution >= 0.6 is 0 Å². The second kappa shape index (κ2) is 6.10. The number of hydrogen-bond donors (Lipinski definition) is 0. The fourth-order valence-electron chi connectivity index (χ4n) is 2.58. The van der Waals surface area contributed by atoms with Gasteiger partial charge in [-0.1, -0.05) is 0 Å². The van der Waals surface area contributed by atoms with Gasteiger partial charge in [0.25, 0.3) is 5.91 Å². The molecular formula is C16H19N3O2. The molecule has 1 fully saturated rings. The SMILES string of the molecule is CCn1cc(-c2ccncc2)cc1C(=O)N1CCOCC1. The fraction of sp³-hybridized carbons (Fsp3) is 0.375. The summed E-state index contributed by atoms with van der Waals surface area (Å²) in [7, 11) is 0. The Bertz CT molecular complexity index is 616. The fourth-order valence-corrected chi connectivity index (χ4v) is 2.58. The lowest BCUT2D eigenvalue weighted by molar-refractivity contribution is 0.0296. The molecule has 0 saturated carbocycles. The minimum absolute atomic E-state index is 0.0838. The topological polar surface area (TPSA) is 47.4 Å². The number of ether oxygens (including phenoxy) is 1. The normalized spacial score (nSPS) is 15.2. The summed E-state index contributed by atoms with van der Waals surface area (Å²) in [6.45, 7) is 5.39. The number of carbonyl (C=O) groups excluding carboxylic acids is 1. The second-order valence-corrected chi connectivity index (χ2v) is 5.04. The smallest absolute Gasteiger partial charge is 0.270 e. The first kappa shape index (κ1) is 13.8. The Kier molecular flexibility index (Phi) is 4.01. The van der Waals surface area contributed by atoms with E-state index in [9.17, 15) is 4.79 Å². The van der Waals surface area contributed by atoms with E-state index in [0.29, 0.717) is 26.3 Å². The van der Waals surface area contributed by atoms with Gasteiger partial charge in [-0.3, -0.25) is 9.78 Å². The minimum atomic E-state index is 0.0838. The Morgan fingerprint density at radius 2 is 1.95 bits per heavy atom. The molecular weight excluding hydrogens is 266 g/mol. The molecule has 5 nitrogen and oxygen atoms in total. The quantitative estimate of drug-likeness (QED) is 0.867. The molecule has 1 amide bonds. The zero-order valence-corrected chi connectivity index (χ0v) is 12.2. The van der Waals surface area contributed by atoms with E-state index in [2.05, 4.69) is 4.98 Å². The van der Waals surface area contributed by atoms with Crippen molar-refractivity contribution in [1.82, 2.24) is 14.5 Å². The molecule has 0 unspecified atom stereocenters. The number of carbonyl (C=O) groups is 1. The first-order chi connectivity index (χ1) is 10.3. The van der Waals surface area contributed by atoms with Crippen molar-refractivity contribution in [2.45, 2.75) is 13.5 Å². The number of aryl methyl sites for hydroxylation is 1. The Morgan fingerprint density at radius 1 is 1.24 bits per heavy atom. The van der Waals surface area contributed by atoms with Gasteiger partial charge in [0.1, 0.15) is 5.69 Å². The van der Waals surface area contributed by atoms with Crippen LogP contribution in [0.2, 0.25) is 0 Å². The van der Waals surface area contributed by atoms with Crippen LogP contribution in [0.4, 0.5) is 0 Å². The Morgan fingerprint density at radius 3 is 2.62 bits per heavy atom. The molecule has 21 heavy (non-hydrogen) atoms. The molecule has 2 aromatic rings. The number of nitrogens with zero attached hydrogens (tertiary/aromatic N) is 3. The van der Waals surface area contributed by atoms with Gasteiger partial charge in [0.05, 0.1) is 13.2 Å². The van der Waals surface area contributed by atoms with Crippen molar-refractivity contribution in [1.29, 1.82) is 0 Å². The first-order valence-corrected chi connectivity index (χ1v) is 7.27. The molecule has 0 N–H and O–H groups in total. The zero-order valence-electron chi connectivity index (χ0n) is 12.2. The third kappa shape index (κ3) is 2.83. The maximum atomic E-state index is 12.7. The van der Waals surface area contributed by atoms with Crippen molar-refractivity contribution in [2.24, 2.45) is 0 Å². The average molecular weight is 285 g/mol. The van der Waals surface area contributed by atoms with E-state index in [0.717, 1.165) is 23.4 Å². The van der Waals surface area contributed by atoms with E-state index in [4.69, 9.17) is 4.74 Å². The molecule has 1 aliphatic heterocycles. The van der Waals surface area contributed by atoms with Gasteiger partial charge in [-0.15, -0.1) is 0 Å². The second-order valence-electron chi connectivity index (χ2n) is 5.04. The van der Waals surface area contributed by atoms with E-state index >= 15 is 0 Å². The summed E-state index contributed by atoms with van der Waals surface area (Å²) < 4.78 is 7.32. The van der Waals surface area contributed by atoms with Gasteiger partial charge in [-0.25, -0.2) is 0 Å². The van der Waals surface area contributed by atoms with Crippen LogP contribution in [-0.4, -0.2) is 46.7 Å². The number of morpholine rings is 1. The highest BCUT2D eigenvalue weighted by Gasteiger charge is 2.22. The van der Waals surface area contributed by atoms with Crippen molar-refractivity contribution < 1.29 is 9.53 Å². The lowest BCUT2D eigenvalue weighted by Gasteiger charge is -2.27. The van der Waals surface area contributed by atoms with E-state index in [-0.39, 0.29) is 5.91 Å². The van der Waals surface area contributed by atoms with Gasteiger partial charge < -0.3 is 14.2 Å². The maximum absolute atomic E-state index is 12.7. The van der Waals surface area contributed by atoms with Gasteiger partial charge in [-0.2, -0.15) is 0 Å². The van der Waals surface area contributed by atoms with Crippen molar-refractivity contribution in [3.63, 3.8) is 0 Å². The van der Waals surface area contributed by atoms with Crippen LogP contribution in [0.3, 0.4) is 0 Å². The third-order valence-corrected chi connectivity index (χ3v) is 3.77. The lowest BCUT2D eigenvalue weighted by Crippen LogP contribution is -2.41. The summed E-state index contributed by atoms with van der Waals surface area (Å²) in [6.07, 6.45) is 5.56. The van der Waals surface area contributed by atoms with E-state index in [1.54, 1.807) is 12.4 Å². The minimum Gasteiger partial charge on any atom is -0.378 e. The van der Waals surface area contributed by atoms with Crippen molar-refractivity contribution >= 4 is 5.91 Å². The lowest BCUT2D eigenvalue weighted by atomic mass is 10.1. The van der Waals surface area contributed by atoms with Gasteiger partial charge >= 0.3 is 0 Å². The van der Waals surface area contributed by atoms with Crippen LogP contribution < -0.4 is 0 Å². The van der Waals surface area contributed by atoms with Crippen LogP contribution in [0.5, 0.6) is 0 Å². The molecule has 110 valence electrons. The molecule has 0 aromatic carbocycles. The summed E-state index contributed by atoms with van der Waals surface area (Å²) in [5.41, 5.74) is 2.87. The van der Waals surface area contributed by atoms with E-state index in [1.165, 1.54) is 0 Å². The van der Waals surface area contributed by atoms with Crippen LogP contribution in [0.1, 0.15) is 17.4 Å². The standard InChI is InChI=1S/C16H19N3O2/c1-2-18-12-14(13-3-5-17-6-4-13)11-15(18)16(20)19-7-9-21-10-8-19/h3-6,11-12H,2,7-10H2,1H3. The molecule has 2 aromatic heterocycles. The Hall–Kier alpha value is -2.14. The molecule has 0 atom stereocenters. The first-order valence-electron chi connectivity index (χ1n) is 7.27. The number of pyridine rings is 1. The van der Waals surface area contributed by atoms with Gasteiger partial charge in [0.15, 0.2) is 0 Å². The largest absolute Gasteiger partial charge is 0.378 e. The van der Waals surface area contributed by atoms with E-state index in [1.807, 2.05) is 40.8 Å². The highest BCUT2D eigenvalue weighted by molar-refractivity contribution is 5.94. The summed E-state index contributed by atoms with van der Waals surface area (Å²) in [6, 6.07) is 5.88. The number of hydrogen-bond acceptors (Lipinski definition) is 3. The highest BCUT2D eigenvalue weighted by Crippen LogP contribution is 2.22. The monoisotopic (exact) mass is 285 g/mol. The van der Waals surface area contributed by atoms with Crippen molar-refractivity contribution in [3.8, 4) is 11.1 Å². The average Bonchev–Trinajstić information content (AvgIpc) is 3.00. The van der Waals surface area contributed by atoms with Gasteiger partial charge in [0.2, 0.25) is 0 Å².